The Morgan fingerprint density at radius 2 is 0.772 bits per heavy atom. The van der Waals surface area contributed by atoms with Crippen molar-refractivity contribution in [3.63, 3.8) is 0 Å². The number of imidazole rings is 4. The van der Waals surface area contributed by atoms with Gasteiger partial charge in [0.05, 0.1) is 60.5 Å². The first-order chi connectivity index (χ1) is 44.8. The normalized spacial score (nSPS) is 13.7. The molecule has 13 heterocycles. The highest BCUT2D eigenvalue weighted by Crippen LogP contribution is 2.34. The number of halogens is 3. The van der Waals surface area contributed by atoms with Gasteiger partial charge in [0.25, 0.3) is 0 Å². The summed E-state index contributed by atoms with van der Waals surface area (Å²) >= 11 is 3.18. The van der Waals surface area contributed by atoms with E-state index in [2.05, 4.69) is 149 Å². The number of pyridine rings is 4. The first-order valence-electron chi connectivity index (χ1n) is 30.6. The number of nitrogens with zero attached hydrogens (tertiary/aromatic N) is 16. The molecule has 0 unspecified atom stereocenters. The zero-order valence-electron chi connectivity index (χ0n) is 51.3. The quantitative estimate of drug-likeness (QED) is 0.129. The molecule has 21 heteroatoms. The van der Waals surface area contributed by atoms with Crippen molar-refractivity contribution in [2.24, 2.45) is 33.0 Å². The monoisotopic (exact) mass is 1290 g/mol. The topological polar surface area (TPSA) is 166 Å². The van der Waals surface area contributed by atoms with Crippen LogP contribution in [0.5, 0.6) is 0 Å². The Kier molecular flexibility index (Phi) is 17.5. The smallest absolute Gasteiger partial charge is 0.200 e. The number of ketones is 1. The van der Waals surface area contributed by atoms with Crippen molar-refractivity contribution < 1.29 is 18.7 Å². The van der Waals surface area contributed by atoms with Gasteiger partial charge >= 0.3 is 0 Å². The number of carbonyl (C=O) groups excluding carboxylic acids is 1. The van der Waals surface area contributed by atoms with E-state index in [0.717, 1.165) is 136 Å². The molecule has 0 bridgehead atoms. The molecule has 2 saturated heterocycles. The minimum Gasteiger partial charge on any atom is -0.396 e. The van der Waals surface area contributed by atoms with Crippen molar-refractivity contribution in [1.82, 2.24) is 66.9 Å². The van der Waals surface area contributed by atoms with E-state index in [0.29, 0.717) is 27.6 Å². The third kappa shape index (κ3) is 12.7. The molecule has 0 amide bonds. The largest absolute Gasteiger partial charge is 0.396 e. The first-order valence-corrected chi connectivity index (χ1v) is 31.4. The van der Waals surface area contributed by atoms with Crippen LogP contribution in [0.2, 0.25) is 0 Å². The Bertz CT molecular complexity index is 4850. The molecule has 11 aromatic heterocycles. The van der Waals surface area contributed by atoms with Gasteiger partial charge in [0, 0.05) is 112 Å². The number of Topliss-reactive ketones (excluding diaryl/α,β-unsaturated/α-hetero) is 1. The summed E-state index contributed by atoms with van der Waals surface area (Å²) in [6, 6.07) is 47.3. The van der Waals surface area contributed by atoms with Crippen molar-refractivity contribution in [3.05, 3.63) is 224 Å². The number of aryl methyl sites for hydroxylation is 3. The number of anilines is 2. The number of rotatable bonds is 10. The average molecular weight is 1290 g/mol. The summed E-state index contributed by atoms with van der Waals surface area (Å²) in [4.78, 5) is 34.0. The van der Waals surface area contributed by atoms with Crippen LogP contribution in [-0.4, -0.2) is 111 Å². The molecule has 0 saturated carbocycles. The van der Waals surface area contributed by atoms with Crippen molar-refractivity contribution in [2.45, 2.75) is 32.6 Å². The number of hydrogen-bond donors (Lipinski definition) is 1. The van der Waals surface area contributed by atoms with Crippen LogP contribution in [0.1, 0.15) is 32.6 Å². The van der Waals surface area contributed by atoms with Gasteiger partial charge in [-0.05, 0) is 120 Å². The summed E-state index contributed by atoms with van der Waals surface area (Å²) in [6.07, 6.45) is 22.6. The lowest BCUT2D eigenvalue weighted by molar-refractivity contribution is -0.121. The second-order valence-corrected chi connectivity index (χ2v) is 24.0. The number of aliphatic hydroxyl groups excluding tert-OH is 1. The SMILES string of the molecule is CC(=O)C1CCN(c2cccc3ncc(-c4ccc(-c5cnn(C)c5)cc4)n23)CC1.Cn1cc(-c2ccc(-c3cnc4cccc(F)n34)cc2)cn1.Cn1cc(-c2ccc(-c3cnc4cccc(N5CCC(CO)CC5)n34)cc2)cn1.Fc1cccc2ncc(Br)n12. The Labute approximate surface area is 538 Å². The van der Waals surface area contributed by atoms with E-state index in [1.54, 1.807) is 48.3 Å². The predicted octanol–water partition coefficient (Wildman–Crippen LogP) is 13.6. The molecule has 2 aliphatic rings. The van der Waals surface area contributed by atoms with Crippen LogP contribution in [0, 0.1) is 23.7 Å². The zero-order chi connectivity index (χ0) is 63.4. The summed E-state index contributed by atoms with van der Waals surface area (Å²) in [5, 5.41) is 22.1. The van der Waals surface area contributed by atoms with Gasteiger partial charge in [0.1, 0.15) is 44.6 Å². The number of aromatic nitrogens is 14. The van der Waals surface area contributed by atoms with Crippen molar-refractivity contribution in [1.29, 1.82) is 0 Å². The maximum Gasteiger partial charge on any atom is 0.200 e. The van der Waals surface area contributed by atoms with Gasteiger partial charge in [-0.1, -0.05) is 97.1 Å². The minimum atomic E-state index is -0.318. The van der Waals surface area contributed by atoms with Crippen molar-refractivity contribution >= 4 is 55.9 Å². The number of piperidine rings is 2. The van der Waals surface area contributed by atoms with E-state index in [1.807, 2.05) is 110 Å². The number of hydrogen-bond acceptors (Lipinski definition) is 11. The fourth-order valence-corrected chi connectivity index (χ4v) is 12.6. The summed E-state index contributed by atoms with van der Waals surface area (Å²) in [7, 11) is 5.75. The van der Waals surface area contributed by atoms with E-state index in [9.17, 15) is 18.7 Å². The fourth-order valence-electron chi connectivity index (χ4n) is 12.2. The van der Waals surface area contributed by atoms with E-state index < -0.39 is 0 Å². The number of carbonyl (C=O) groups is 1. The summed E-state index contributed by atoms with van der Waals surface area (Å²) in [5.41, 5.74) is 15.9. The molecule has 0 radical (unpaired) electrons. The van der Waals surface area contributed by atoms with E-state index >= 15 is 0 Å². The predicted molar refractivity (Wildman–Crippen MR) is 359 cm³/mol. The molecule has 92 heavy (non-hydrogen) atoms. The van der Waals surface area contributed by atoms with Gasteiger partial charge in [-0.2, -0.15) is 24.1 Å². The first kappa shape index (κ1) is 60.5. The molecule has 1 N–H and O–H groups in total. The zero-order valence-corrected chi connectivity index (χ0v) is 52.9. The fraction of sp³-hybridized carbons (Fsp3) is 0.211. The maximum absolute atomic E-state index is 14.0. The van der Waals surface area contributed by atoms with Crippen LogP contribution in [0.3, 0.4) is 0 Å². The molecular weight excluding hydrogens is 1230 g/mol. The average Bonchev–Trinajstić information content (AvgIpc) is 1.96. The van der Waals surface area contributed by atoms with E-state index in [-0.39, 0.29) is 24.4 Å². The van der Waals surface area contributed by atoms with Crippen LogP contribution < -0.4 is 9.80 Å². The molecule has 0 aliphatic carbocycles. The van der Waals surface area contributed by atoms with Crippen LogP contribution in [-0.2, 0) is 25.9 Å². The highest BCUT2D eigenvalue weighted by Gasteiger charge is 2.25. The van der Waals surface area contributed by atoms with Crippen LogP contribution in [0.4, 0.5) is 20.4 Å². The molecule has 0 atom stereocenters. The van der Waals surface area contributed by atoms with Crippen LogP contribution >= 0.6 is 15.9 Å². The third-order valence-electron chi connectivity index (χ3n) is 17.2. The molecule has 16 rings (SSSR count). The molecule has 3 aromatic carbocycles. The van der Waals surface area contributed by atoms with Gasteiger partial charge in [-0.15, -0.1) is 0 Å². The third-order valence-corrected chi connectivity index (χ3v) is 17.7. The minimum absolute atomic E-state index is 0.197. The van der Waals surface area contributed by atoms with Gasteiger partial charge in [-0.3, -0.25) is 36.4 Å². The number of aliphatic hydroxyl groups is 1. The molecule has 2 fully saturated rings. The number of fused-ring (bicyclic) bond motifs is 4. The highest BCUT2D eigenvalue weighted by atomic mass is 79.9. The highest BCUT2D eigenvalue weighted by molar-refractivity contribution is 9.10. The summed E-state index contributed by atoms with van der Waals surface area (Å²) < 4.78 is 40.4. The Morgan fingerprint density at radius 3 is 1.14 bits per heavy atom. The van der Waals surface area contributed by atoms with E-state index in [4.69, 9.17) is 0 Å². The van der Waals surface area contributed by atoms with Crippen LogP contribution in [0.15, 0.2) is 212 Å². The molecule has 464 valence electrons. The Hall–Kier alpha value is -10.4. The van der Waals surface area contributed by atoms with Gasteiger partial charge in [0.15, 0.2) is 11.9 Å². The maximum atomic E-state index is 14.0. The molecule has 18 nitrogen and oxygen atoms in total. The van der Waals surface area contributed by atoms with Crippen molar-refractivity contribution in [3.8, 4) is 67.2 Å². The lowest BCUT2D eigenvalue weighted by atomic mass is 9.93. The molecule has 2 aliphatic heterocycles. The second kappa shape index (κ2) is 26.6. The van der Waals surface area contributed by atoms with Gasteiger partial charge in [-0.25, -0.2) is 19.9 Å². The molecule has 0 spiro atoms. The summed E-state index contributed by atoms with van der Waals surface area (Å²) in [5.74, 6) is 2.61. The lowest BCUT2D eigenvalue weighted by Crippen LogP contribution is -2.36. The van der Waals surface area contributed by atoms with Gasteiger partial charge < -0.3 is 14.9 Å². The Morgan fingerprint density at radius 1 is 0.435 bits per heavy atom. The van der Waals surface area contributed by atoms with Crippen LogP contribution in [0.25, 0.3) is 89.7 Å². The molecular formula is C71H67BrF2N16O2. The Balaban J connectivity index is 0.000000117. The molecule has 14 aromatic rings. The van der Waals surface area contributed by atoms with Gasteiger partial charge in [0.2, 0.25) is 0 Å². The second-order valence-electron chi connectivity index (χ2n) is 23.2. The lowest BCUT2D eigenvalue weighted by Gasteiger charge is -2.33. The van der Waals surface area contributed by atoms with Crippen molar-refractivity contribution in [2.75, 3.05) is 42.6 Å². The summed E-state index contributed by atoms with van der Waals surface area (Å²) in [6.45, 7) is 5.70. The van der Waals surface area contributed by atoms with E-state index in [1.165, 1.54) is 26.8 Å². The standard InChI is InChI=1S/C24H25N5O.C23H25N5O.C17H13FN4.C7H4BrFN2/c1-17(30)18-10-12-28(13-11-18)24-5-3-4-23-25-15-22(29(23)24)20-8-6-19(7-9-20)21-14-26-27(2)16-21;1-26-15-20(13-25-26)18-5-7-19(8-6-18)21-14-24-22-3-2-4-23(28(21)22)27-11-9-17(16-29)10-12-27;1-21-11-14(9-20-21)12-5-7-13(8-6-12)15-10-19-17-4-2-3-16(18)22(15)17;8-5-4-10-7-3-1-2-6(9)11(5)7/h3-9,14-16,18H,10-13H2,1-2H3;2-8,13-15,17,29H,9-12,16H2,1H3;2-11H,1H3;1-4H. The number of benzene rings is 3.